The van der Waals surface area contributed by atoms with Gasteiger partial charge in [0.2, 0.25) is 5.96 Å². The molecule has 0 aromatic rings. The SMILES string of the molecule is COCC(C)N=C(NN)N1CCOCC1. The van der Waals surface area contributed by atoms with Crippen molar-refractivity contribution in [1.82, 2.24) is 10.3 Å². The number of aliphatic imine (C=N–C) groups is 1. The van der Waals surface area contributed by atoms with Crippen LogP contribution in [0.3, 0.4) is 0 Å². The van der Waals surface area contributed by atoms with Crippen LogP contribution in [0.25, 0.3) is 0 Å². The van der Waals surface area contributed by atoms with Gasteiger partial charge < -0.3 is 14.4 Å². The van der Waals surface area contributed by atoms with Crippen LogP contribution < -0.4 is 11.3 Å². The van der Waals surface area contributed by atoms with E-state index in [1.165, 1.54) is 0 Å². The topological polar surface area (TPSA) is 72.1 Å². The molecule has 1 unspecified atom stereocenters. The van der Waals surface area contributed by atoms with E-state index in [2.05, 4.69) is 15.3 Å². The smallest absolute Gasteiger partial charge is 0.208 e. The molecule has 6 nitrogen and oxygen atoms in total. The average Bonchev–Trinajstić information content (AvgIpc) is 2.27. The van der Waals surface area contributed by atoms with E-state index in [1.807, 2.05) is 6.92 Å². The van der Waals surface area contributed by atoms with Crippen molar-refractivity contribution >= 4 is 5.96 Å². The normalized spacial score (nSPS) is 20.2. The van der Waals surface area contributed by atoms with E-state index in [1.54, 1.807) is 7.11 Å². The van der Waals surface area contributed by atoms with Gasteiger partial charge in [-0.2, -0.15) is 0 Å². The summed E-state index contributed by atoms with van der Waals surface area (Å²) in [6.07, 6.45) is 0. The number of ether oxygens (including phenoxy) is 2. The molecule has 1 rings (SSSR count). The third kappa shape index (κ3) is 4.03. The minimum absolute atomic E-state index is 0.101. The van der Waals surface area contributed by atoms with Gasteiger partial charge in [-0.25, -0.2) is 10.8 Å². The van der Waals surface area contributed by atoms with Gasteiger partial charge in [-0.1, -0.05) is 0 Å². The predicted octanol–water partition coefficient (Wildman–Crippen LogP) is -0.827. The Balaban J connectivity index is 2.51. The number of hydrogen-bond donors (Lipinski definition) is 2. The van der Waals surface area contributed by atoms with Gasteiger partial charge in [0.1, 0.15) is 0 Å². The van der Waals surface area contributed by atoms with Crippen LogP contribution in [0.15, 0.2) is 4.99 Å². The molecule has 0 saturated carbocycles. The molecule has 0 spiro atoms. The lowest BCUT2D eigenvalue weighted by Gasteiger charge is -2.29. The summed E-state index contributed by atoms with van der Waals surface area (Å²) in [6.45, 7) is 5.67. The van der Waals surface area contributed by atoms with Crippen LogP contribution in [0, 0.1) is 0 Å². The van der Waals surface area contributed by atoms with Crippen LogP contribution >= 0.6 is 0 Å². The maximum atomic E-state index is 5.44. The fourth-order valence-electron chi connectivity index (χ4n) is 1.47. The van der Waals surface area contributed by atoms with Gasteiger partial charge in [-0.3, -0.25) is 5.43 Å². The molecule has 3 N–H and O–H groups in total. The number of nitrogens with two attached hydrogens (primary N) is 1. The first-order chi connectivity index (χ1) is 7.27. The van der Waals surface area contributed by atoms with Crippen LogP contribution in [0.5, 0.6) is 0 Å². The summed E-state index contributed by atoms with van der Waals surface area (Å²) in [5, 5.41) is 0. The van der Waals surface area contributed by atoms with Gasteiger partial charge in [0.15, 0.2) is 0 Å². The van der Waals surface area contributed by atoms with Gasteiger partial charge in [0.25, 0.3) is 0 Å². The van der Waals surface area contributed by atoms with Crippen molar-refractivity contribution in [3.05, 3.63) is 0 Å². The Hall–Kier alpha value is -0.850. The fraction of sp³-hybridized carbons (Fsp3) is 0.889. The fourth-order valence-corrected chi connectivity index (χ4v) is 1.47. The van der Waals surface area contributed by atoms with Crippen LogP contribution in [0.4, 0.5) is 0 Å². The Labute approximate surface area is 90.4 Å². The zero-order valence-electron chi connectivity index (χ0n) is 9.40. The maximum absolute atomic E-state index is 5.44. The quantitative estimate of drug-likeness (QED) is 0.279. The summed E-state index contributed by atoms with van der Waals surface area (Å²) in [6, 6.07) is 0.101. The molecule has 0 aliphatic carbocycles. The van der Waals surface area contributed by atoms with Gasteiger partial charge in [-0.15, -0.1) is 0 Å². The Morgan fingerprint density at radius 2 is 2.27 bits per heavy atom. The number of nitrogens with zero attached hydrogens (tertiary/aromatic N) is 2. The maximum Gasteiger partial charge on any atom is 0.208 e. The van der Waals surface area contributed by atoms with E-state index in [0.717, 1.165) is 26.3 Å². The van der Waals surface area contributed by atoms with Gasteiger partial charge in [0.05, 0.1) is 25.9 Å². The summed E-state index contributed by atoms with van der Waals surface area (Å²) in [4.78, 5) is 6.51. The zero-order valence-corrected chi connectivity index (χ0v) is 9.40. The molecule has 1 aliphatic rings. The Morgan fingerprint density at radius 1 is 1.60 bits per heavy atom. The number of rotatable bonds is 3. The van der Waals surface area contributed by atoms with E-state index in [-0.39, 0.29) is 6.04 Å². The molecule has 1 fully saturated rings. The summed E-state index contributed by atoms with van der Waals surface area (Å²) < 4.78 is 10.3. The second-order valence-electron chi connectivity index (χ2n) is 3.50. The average molecular weight is 216 g/mol. The highest BCUT2D eigenvalue weighted by Crippen LogP contribution is 1.99. The van der Waals surface area contributed by atoms with Crippen LogP contribution in [0.2, 0.25) is 0 Å². The molecule has 88 valence electrons. The molecule has 1 saturated heterocycles. The second-order valence-corrected chi connectivity index (χ2v) is 3.50. The number of hydrazine groups is 1. The van der Waals surface area contributed by atoms with Gasteiger partial charge in [0, 0.05) is 20.2 Å². The standard InChI is InChI=1S/C9H20N4O2/c1-8(7-14-2)11-9(12-10)13-3-5-15-6-4-13/h8H,3-7,10H2,1-2H3,(H,11,12). The number of morpholine rings is 1. The Bertz CT molecular complexity index is 204. The van der Waals surface area contributed by atoms with Crippen LogP contribution in [-0.4, -0.2) is 56.9 Å². The van der Waals surface area contributed by atoms with E-state index < -0.39 is 0 Å². The van der Waals surface area contributed by atoms with Crippen molar-refractivity contribution in [3.63, 3.8) is 0 Å². The number of hydrogen-bond acceptors (Lipinski definition) is 4. The molecule has 15 heavy (non-hydrogen) atoms. The van der Waals surface area contributed by atoms with Crippen molar-refractivity contribution in [2.24, 2.45) is 10.8 Å². The lowest BCUT2D eigenvalue weighted by molar-refractivity contribution is 0.0661. The van der Waals surface area contributed by atoms with Gasteiger partial charge in [-0.05, 0) is 6.92 Å². The molecule has 0 amide bonds. The van der Waals surface area contributed by atoms with E-state index in [0.29, 0.717) is 12.6 Å². The molecule has 1 aliphatic heterocycles. The monoisotopic (exact) mass is 216 g/mol. The molecule has 1 heterocycles. The third-order valence-electron chi connectivity index (χ3n) is 2.19. The first-order valence-electron chi connectivity index (χ1n) is 5.14. The number of methoxy groups -OCH3 is 1. The van der Waals surface area contributed by atoms with Crippen molar-refractivity contribution in [1.29, 1.82) is 0 Å². The number of guanidine groups is 1. The van der Waals surface area contributed by atoms with Crippen molar-refractivity contribution in [2.75, 3.05) is 40.0 Å². The molecular formula is C9H20N4O2. The third-order valence-corrected chi connectivity index (χ3v) is 2.19. The minimum atomic E-state index is 0.101. The molecule has 0 aromatic carbocycles. The predicted molar refractivity (Wildman–Crippen MR) is 58.5 cm³/mol. The lowest BCUT2D eigenvalue weighted by atomic mass is 10.4. The van der Waals surface area contributed by atoms with Crippen LogP contribution in [0.1, 0.15) is 6.92 Å². The Kier molecular flexibility index (Phi) is 5.38. The van der Waals surface area contributed by atoms with E-state index in [9.17, 15) is 0 Å². The van der Waals surface area contributed by atoms with Crippen molar-refractivity contribution in [2.45, 2.75) is 13.0 Å². The first-order valence-corrected chi connectivity index (χ1v) is 5.14. The first kappa shape index (κ1) is 12.2. The van der Waals surface area contributed by atoms with Crippen LogP contribution in [-0.2, 0) is 9.47 Å². The largest absolute Gasteiger partial charge is 0.382 e. The molecule has 0 aromatic heterocycles. The highest BCUT2D eigenvalue weighted by Gasteiger charge is 2.14. The molecule has 0 radical (unpaired) electrons. The minimum Gasteiger partial charge on any atom is -0.382 e. The molecule has 6 heteroatoms. The molecule has 1 atom stereocenters. The summed E-state index contributed by atoms with van der Waals surface area (Å²) in [5.41, 5.74) is 2.63. The number of nitrogens with one attached hydrogen (secondary N) is 1. The summed E-state index contributed by atoms with van der Waals surface area (Å²) >= 11 is 0. The summed E-state index contributed by atoms with van der Waals surface area (Å²) in [7, 11) is 1.66. The van der Waals surface area contributed by atoms with Gasteiger partial charge >= 0.3 is 0 Å². The highest BCUT2D eigenvalue weighted by atomic mass is 16.5. The van der Waals surface area contributed by atoms with Crippen molar-refractivity contribution < 1.29 is 9.47 Å². The van der Waals surface area contributed by atoms with E-state index in [4.69, 9.17) is 15.3 Å². The Morgan fingerprint density at radius 3 is 2.80 bits per heavy atom. The zero-order chi connectivity index (χ0) is 11.1. The highest BCUT2D eigenvalue weighted by molar-refractivity contribution is 5.79. The lowest BCUT2D eigenvalue weighted by Crippen LogP contribution is -2.50. The van der Waals surface area contributed by atoms with E-state index >= 15 is 0 Å². The molecule has 0 bridgehead atoms. The second kappa shape index (κ2) is 6.60. The molecular weight excluding hydrogens is 196 g/mol. The van der Waals surface area contributed by atoms with Crippen molar-refractivity contribution in [3.8, 4) is 0 Å². The summed E-state index contributed by atoms with van der Waals surface area (Å²) in [5.74, 6) is 6.15.